The maximum absolute atomic E-state index is 13.3. The smallest absolute Gasteiger partial charge is 0.292 e. The monoisotopic (exact) mass is 367 g/mol. The van der Waals surface area contributed by atoms with Crippen LogP contribution in [-0.2, 0) is 33.0 Å². The van der Waals surface area contributed by atoms with Crippen LogP contribution in [0.1, 0.15) is 36.5 Å². The van der Waals surface area contributed by atoms with Crippen LogP contribution in [-0.4, -0.2) is 26.2 Å². The maximum atomic E-state index is 13.3. The molecule has 0 aliphatic carbocycles. The molecule has 4 rings (SSSR count). The predicted octanol–water partition coefficient (Wildman–Crippen LogP) is 3.78. The van der Waals surface area contributed by atoms with Gasteiger partial charge in [-0.1, -0.05) is 31.5 Å². The Kier molecular flexibility index (Phi) is 4.89. The number of ether oxygens (including phenoxy) is 3. The molecule has 1 spiro atoms. The lowest BCUT2D eigenvalue weighted by molar-refractivity contribution is -0.180. The third kappa shape index (κ3) is 3.11. The van der Waals surface area contributed by atoms with Crippen molar-refractivity contribution in [3.63, 3.8) is 0 Å². The number of anilines is 1. The van der Waals surface area contributed by atoms with Crippen LogP contribution in [0.3, 0.4) is 0 Å². The lowest BCUT2D eigenvalue weighted by Gasteiger charge is -2.22. The van der Waals surface area contributed by atoms with Crippen LogP contribution in [0.5, 0.6) is 5.75 Å². The average Bonchev–Trinajstić information content (AvgIpc) is 3.28. The summed E-state index contributed by atoms with van der Waals surface area (Å²) < 4.78 is 17.0. The van der Waals surface area contributed by atoms with Gasteiger partial charge in [-0.3, -0.25) is 4.79 Å². The van der Waals surface area contributed by atoms with Crippen molar-refractivity contribution in [1.82, 2.24) is 0 Å². The zero-order chi connectivity index (χ0) is 18.9. The summed E-state index contributed by atoms with van der Waals surface area (Å²) in [5.41, 5.74) is 3.96. The molecule has 142 valence electrons. The van der Waals surface area contributed by atoms with Crippen molar-refractivity contribution in [2.24, 2.45) is 0 Å². The molecule has 0 radical (unpaired) electrons. The van der Waals surface area contributed by atoms with Crippen molar-refractivity contribution in [2.75, 3.05) is 25.2 Å². The van der Waals surface area contributed by atoms with Gasteiger partial charge in [-0.2, -0.15) is 0 Å². The molecule has 5 nitrogen and oxygen atoms in total. The highest BCUT2D eigenvalue weighted by atomic mass is 16.7. The van der Waals surface area contributed by atoms with Gasteiger partial charge in [0.05, 0.1) is 32.6 Å². The number of methoxy groups -OCH3 is 1. The van der Waals surface area contributed by atoms with Gasteiger partial charge >= 0.3 is 0 Å². The highest BCUT2D eigenvalue weighted by molar-refractivity contribution is 6.06. The first kappa shape index (κ1) is 18.0. The summed E-state index contributed by atoms with van der Waals surface area (Å²) in [4.78, 5) is 15.1. The number of carbonyl (C=O) groups excluding carboxylic acids is 1. The molecule has 0 N–H and O–H groups in total. The summed E-state index contributed by atoms with van der Waals surface area (Å²) in [5, 5.41) is 0. The number of nitrogens with zero attached hydrogens (tertiary/aromatic N) is 1. The van der Waals surface area contributed by atoms with Gasteiger partial charge in [0, 0.05) is 5.56 Å². The predicted molar refractivity (Wildman–Crippen MR) is 103 cm³/mol. The highest BCUT2D eigenvalue weighted by Gasteiger charge is 2.56. The van der Waals surface area contributed by atoms with Gasteiger partial charge in [-0.15, -0.1) is 0 Å². The molecule has 2 aromatic carbocycles. The molecular formula is C22H25NO4. The fourth-order valence-electron chi connectivity index (χ4n) is 3.78. The first-order valence-electron chi connectivity index (χ1n) is 9.54. The van der Waals surface area contributed by atoms with Crippen molar-refractivity contribution < 1.29 is 19.0 Å². The molecule has 1 saturated heterocycles. The van der Waals surface area contributed by atoms with Crippen molar-refractivity contribution >= 4 is 11.6 Å². The van der Waals surface area contributed by atoms with Crippen LogP contribution in [0.2, 0.25) is 0 Å². The number of unbranched alkanes of at least 4 members (excludes halogenated alkanes) is 1. The summed E-state index contributed by atoms with van der Waals surface area (Å²) in [6.45, 7) is 3.51. The van der Waals surface area contributed by atoms with Crippen LogP contribution >= 0.6 is 0 Å². The fraction of sp³-hybridized carbons (Fsp3) is 0.409. The lowest BCUT2D eigenvalue weighted by Crippen LogP contribution is -2.40. The standard InChI is InChI=1S/C22H25NO4/c1-3-4-5-16-8-11-20-19(14-16)22(26-12-13-27-22)21(24)23(20)15-17-6-9-18(25-2)10-7-17/h6-11,14H,3-5,12-13,15H2,1-2H3. The molecule has 2 aromatic rings. The third-order valence-electron chi connectivity index (χ3n) is 5.25. The molecule has 5 heteroatoms. The second-order valence-corrected chi connectivity index (χ2v) is 7.01. The van der Waals surface area contributed by atoms with Gasteiger partial charge < -0.3 is 19.1 Å². The van der Waals surface area contributed by atoms with Gasteiger partial charge in [0.2, 0.25) is 0 Å². The Morgan fingerprint density at radius 3 is 2.44 bits per heavy atom. The van der Waals surface area contributed by atoms with E-state index in [1.54, 1.807) is 12.0 Å². The summed E-state index contributed by atoms with van der Waals surface area (Å²) in [6.07, 6.45) is 3.25. The minimum Gasteiger partial charge on any atom is -0.497 e. The third-order valence-corrected chi connectivity index (χ3v) is 5.25. The van der Waals surface area contributed by atoms with Gasteiger partial charge in [0.1, 0.15) is 5.75 Å². The molecule has 0 saturated carbocycles. The molecule has 2 aliphatic heterocycles. The van der Waals surface area contributed by atoms with Crippen molar-refractivity contribution in [3.8, 4) is 5.75 Å². The second-order valence-electron chi connectivity index (χ2n) is 7.01. The zero-order valence-corrected chi connectivity index (χ0v) is 15.9. The molecule has 0 atom stereocenters. The van der Waals surface area contributed by atoms with E-state index in [-0.39, 0.29) is 5.91 Å². The molecule has 0 aromatic heterocycles. The zero-order valence-electron chi connectivity index (χ0n) is 15.9. The Labute approximate surface area is 159 Å². The van der Waals surface area contributed by atoms with E-state index >= 15 is 0 Å². The van der Waals surface area contributed by atoms with Gasteiger partial charge in [-0.25, -0.2) is 0 Å². The summed E-state index contributed by atoms with van der Waals surface area (Å²) >= 11 is 0. The van der Waals surface area contributed by atoms with Crippen LogP contribution in [0.4, 0.5) is 5.69 Å². The molecular weight excluding hydrogens is 342 g/mol. The Bertz CT molecular complexity index is 825. The normalized spacial score (nSPS) is 17.6. The lowest BCUT2D eigenvalue weighted by atomic mass is 10.0. The van der Waals surface area contributed by atoms with Crippen LogP contribution in [0.15, 0.2) is 42.5 Å². The SMILES string of the molecule is CCCCc1ccc2c(c1)C1(OCCO1)C(=O)N2Cc1ccc(OC)cc1. The van der Waals surface area contributed by atoms with E-state index in [2.05, 4.69) is 19.1 Å². The van der Waals surface area contributed by atoms with Crippen LogP contribution in [0, 0.1) is 0 Å². The van der Waals surface area contributed by atoms with Crippen LogP contribution < -0.4 is 9.64 Å². The number of hydrogen-bond donors (Lipinski definition) is 0. The summed E-state index contributed by atoms with van der Waals surface area (Å²) in [6, 6.07) is 14.0. The number of amides is 1. The van der Waals surface area contributed by atoms with Gasteiger partial charge in [0.15, 0.2) is 0 Å². The molecule has 27 heavy (non-hydrogen) atoms. The van der Waals surface area contributed by atoms with Gasteiger partial charge in [-0.05, 0) is 48.2 Å². The fourth-order valence-corrected chi connectivity index (χ4v) is 3.78. The van der Waals surface area contributed by atoms with E-state index in [1.807, 2.05) is 30.3 Å². The average molecular weight is 367 g/mol. The first-order valence-corrected chi connectivity index (χ1v) is 9.54. The maximum Gasteiger partial charge on any atom is 0.292 e. The highest BCUT2D eigenvalue weighted by Crippen LogP contribution is 2.46. The Hall–Kier alpha value is -2.37. The van der Waals surface area contributed by atoms with E-state index in [0.29, 0.717) is 19.8 Å². The van der Waals surface area contributed by atoms with Crippen LogP contribution in [0.25, 0.3) is 0 Å². The minimum absolute atomic E-state index is 0.140. The molecule has 1 fully saturated rings. The number of hydrogen-bond acceptors (Lipinski definition) is 4. The number of fused-ring (bicyclic) bond motifs is 2. The number of carbonyl (C=O) groups is 1. The van der Waals surface area contributed by atoms with Crippen molar-refractivity contribution in [2.45, 2.75) is 38.5 Å². The minimum atomic E-state index is -1.27. The number of rotatable bonds is 6. The van der Waals surface area contributed by atoms with E-state index < -0.39 is 5.79 Å². The van der Waals surface area contributed by atoms with Gasteiger partial charge in [0.25, 0.3) is 11.7 Å². The van der Waals surface area contributed by atoms with E-state index in [4.69, 9.17) is 14.2 Å². The number of benzene rings is 2. The topological polar surface area (TPSA) is 48.0 Å². The molecule has 2 aliphatic rings. The number of aryl methyl sites for hydroxylation is 1. The summed E-state index contributed by atoms with van der Waals surface area (Å²) in [5.74, 6) is -0.617. The Morgan fingerprint density at radius 1 is 1.07 bits per heavy atom. The summed E-state index contributed by atoms with van der Waals surface area (Å²) in [7, 11) is 1.64. The first-order chi connectivity index (χ1) is 13.2. The van der Waals surface area contributed by atoms with E-state index in [9.17, 15) is 4.79 Å². The van der Waals surface area contributed by atoms with Crippen molar-refractivity contribution in [3.05, 3.63) is 59.2 Å². The molecule has 0 unspecified atom stereocenters. The molecule has 1 amide bonds. The Balaban J connectivity index is 1.68. The Morgan fingerprint density at radius 2 is 1.78 bits per heavy atom. The second kappa shape index (κ2) is 7.33. The van der Waals surface area contributed by atoms with E-state index in [1.165, 1.54) is 5.56 Å². The quantitative estimate of drug-likeness (QED) is 0.780. The molecule has 2 heterocycles. The largest absolute Gasteiger partial charge is 0.497 e. The molecule has 0 bridgehead atoms. The van der Waals surface area contributed by atoms with Crippen molar-refractivity contribution in [1.29, 1.82) is 0 Å². The van der Waals surface area contributed by atoms with E-state index in [0.717, 1.165) is 41.8 Å².